The number of carbonyl (C=O) groups is 2. The molecule has 0 saturated carbocycles. The third kappa shape index (κ3) is 3.10. The number of carbonyl (C=O) groups excluding carboxylic acids is 2. The fraction of sp³-hybridized carbons (Fsp3) is 0.321. The van der Waals surface area contributed by atoms with Crippen molar-refractivity contribution in [2.24, 2.45) is 11.8 Å². The van der Waals surface area contributed by atoms with Crippen molar-refractivity contribution in [3.63, 3.8) is 0 Å². The molecule has 0 spiro atoms. The van der Waals surface area contributed by atoms with Crippen LogP contribution in [0.5, 0.6) is 5.75 Å². The van der Waals surface area contributed by atoms with Crippen molar-refractivity contribution in [1.29, 1.82) is 5.26 Å². The van der Waals surface area contributed by atoms with Crippen LogP contribution in [-0.2, 0) is 14.3 Å². The molecule has 3 aliphatic heterocycles. The molecule has 3 fully saturated rings. The Morgan fingerprint density at radius 3 is 2.60 bits per heavy atom. The van der Waals surface area contributed by atoms with Gasteiger partial charge in [-0.05, 0) is 44.0 Å². The lowest BCUT2D eigenvalue weighted by Gasteiger charge is -2.31. The van der Waals surface area contributed by atoms with E-state index in [9.17, 15) is 19.2 Å². The van der Waals surface area contributed by atoms with E-state index in [0.717, 1.165) is 0 Å². The fourth-order valence-corrected chi connectivity index (χ4v) is 6.32. The molecule has 35 heavy (non-hydrogen) atoms. The molecule has 2 bridgehead atoms. The number of benzene rings is 3. The third-order valence-corrected chi connectivity index (χ3v) is 7.86. The molecular formula is C28H23FN2O4. The molecule has 3 aromatic rings. The van der Waals surface area contributed by atoms with Crippen LogP contribution in [0.1, 0.15) is 31.7 Å². The van der Waals surface area contributed by atoms with Gasteiger partial charge in [-0.15, -0.1) is 0 Å². The minimum atomic E-state index is -0.809. The van der Waals surface area contributed by atoms with Crippen molar-refractivity contribution >= 4 is 28.3 Å². The molecule has 0 N–H and O–H groups in total. The van der Waals surface area contributed by atoms with Gasteiger partial charge < -0.3 is 9.47 Å². The van der Waals surface area contributed by atoms with Crippen molar-refractivity contribution in [3.8, 4) is 11.8 Å². The maximum absolute atomic E-state index is 13.9. The monoisotopic (exact) mass is 470 g/mol. The summed E-state index contributed by atoms with van der Waals surface area (Å²) in [6.07, 6.45) is 1.74. The lowest BCUT2D eigenvalue weighted by Crippen LogP contribution is -2.43. The number of hydrogen-bond donors (Lipinski definition) is 0. The van der Waals surface area contributed by atoms with Gasteiger partial charge >= 0.3 is 0 Å². The molecule has 6 rings (SSSR count). The number of nitriles is 1. The summed E-state index contributed by atoms with van der Waals surface area (Å²) in [6, 6.07) is 18.8. The first-order valence-electron chi connectivity index (χ1n) is 11.8. The summed E-state index contributed by atoms with van der Waals surface area (Å²) >= 11 is 0. The van der Waals surface area contributed by atoms with Gasteiger partial charge in [0.1, 0.15) is 11.6 Å². The average Bonchev–Trinajstić information content (AvgIpc) is 3.43. The smallest absolute Gasteiger partial charge is 0.240 e. The van der Waals surface area contributed by atoms with Gasteiger partial charge in [0.15, 0.2) is 0 Å². The van der Waals surface area contributed by atoms with Gasteiger partial charge in [-0.25, -0.2) is 9.29 Å². The van der Waals surface area contributed by atoms with Crippen LogP contribution in [0.25, 0.3) is 10.8 Å². The summed E-state index contributed by atoms with van der Waals surface area (Å²) in [5.74, 6) is -1.69. The second-order valence-electron chi connectivity index (χ2n) is 9.79. The number of hydrogen-bond acceptors (Lipinski definition) is 5. The normalized spacial score (nSPS) is 29.0. The highest BCUT2D eigenvalue weighted by Crippen LogP contribution is 2.62. The van der Waals surface area contributed by atoms with Crippen molar-refractivity contribution in [3.05, 3.63) is 72.0 Å². The zero-order valence-corrected chi connectivity index (χ0v) is 19.2. The van der Waals surface area contributed by atoms with Crippen LogP contribution in [0.2, 0.25) is 0 Å². The van der Waals surface area contributed by atoms with Gasteiger partial charge in [0.05, 0.1) is 47.0 Å². The van der Waals surface area contributed by atoms with Gasteiger partial charge in [-0.3, -0.25) is 9.59 Å². The van der Waals surface area contributed by atoms with E-state index in [4.69, 9.17) is 9.47 Å². The number of anilines is 1. The molecule has 176 valence electrons. The van der Waals surface area contributed by atoms with Gasteiger partial charge in [0, 0.05) is 23.3 Å². The number of fused-ring (bicyclic) bond motifs is 6. The minimum absolute atomic E-state index is 0.240. The molecule has 1 unspecified atom stereocenters. The fourth-order valence-electron chi connectivity index (χ4n) is 6.32. The van der Waals surface area contributed by atoms with Gasteiger partial charge in [0.25, 0.3) is 0 Å². The van der Waals surface area contributed by atoms with E-state index in [1.165, 1.54) is 17.0 Å². The van der Waals surface area contributed by atoms with Gasteiger partial charge in [-0.2, -0.15) is 5.26 Å². The Morgan fingerprint density at radius 2 is 1.83 bits per heavy atom. The zero-order chi connectivity index (χ0) is 24.4. The summed E-state index contributed by atoms with van der Waals surface area (Å²) in [5.41, 5.74) is -0.549. The van der Waals surface area contributed by atoms with Crippen LogP contribution < -0.4 is 9.64 Å². The van der Waals surface area contributed by atoms with Crippen molar-refractivity contribution in [2.45, 2.75) is 37.4 Å². The lowest BCUT2D eigenvalue weighted by atomic mass is 9.67. The second kappa shape index (κ2) is 7.62. The van der Waals surface area contributed by atoms with E-state index in [1.54, 1.807) is 24.3 Å². The average molecular weight is 471 g/mol. The molecule has 7 heteroatoms. The van der Waals surface area contributed by atoms with Crippen LogP contribution >= 0.6 is 0 Å². The van der Waals surface area contributed by atoms with Crippen LogP contribution in [0, 0.1) is 29.0 Å². The quantitative estimate of drug-likeness (QED) is 0.503. The van der Waals surface area contributed by atoms with E-state index in [2.05, 4.69) is 6.07 Å². The Hall–Kier alpha value is -3.76. The molecule has 0 radical (unpaired) electrons. The molecule has 3 aromatic carbocycles. The second-order valence-corrected chi connectivity index (χ2v) is 9.79. The van der Waals surface area contributed by atoms with E-state index in [1.807, 2.05) is 31.2 Å². The van der Waals surface area contributed by atoms with Crippen LogP contribution in [0.15, 0.2) is 60.7 Å². The van der Waals surface area contributed by atoms with E-state index in [-0.39, 0.29) is 24.2 Å². The molecular weight excluding hydrogens is 447 g/mol. The van der Waals surface area contributed by atoms with E-state index >= 15 is 0 Å². The molecule has 3 aliphatic rings. The first kappa shape index (κ1) is 21.8. The number of imide groups is 1. The molecule has 3 saturated heterocycles. The SMILES string of the molecule is C[C@]12CC[C@](CCOc3cccc(F)c3)(O1)C1C(=O)N(c3ccc(C#N)c4ccccc34)C(=O)[C@H]12. The van der Waals surface area contributed by atoms with E-state index in [0.29, 0.717) is 47.0 Å². The van der Waals surface area contributed by atoms with Crippen molar-refractivity contribution in [1.82, 2.24) is 0 Å². The lowest BCUT2D eigenvalue weighted by molar-refractivity contribution is -0.131. The molecule has 0 aromatic heterocycles. The Bertz CT molecular complexity index is 1430. The topological polar surface area (TPSA) is 79.6 Å². The van der Waals surface area contributed by atoms with Crippen LogP contribution in [-0.4, -0.2) is 29.6 Å². The third-order valence-electron chi connectivity index (χ3n) is 7.86. The standard InChI is InChI=1S/C28H23FN2O4/c1-27-11-12-28(35-27,13-14-34-19-6-4-5-18(29)15-19)24-23(27)25(32)31(26(24)33)22-10-9-17(16-30)20-7-2-3-8-21(20)22/h2-10,15,23-24H,11-14H2,1H3/t23-,24?,27+,28+/m0/s1. The van der Waals surface area contributed by atoms with E-state index < -0.39 is 23.0 Å². The summed E-state index contributed by atoms with van der Waals surface area (Å²) in [4.78, 5) is 28.9. The predicted octanol–water partition coefficient (Wildman–Crippen LogP) is 4.75. The summed E-state index contributed by atoms with van der Waals surface area (Å²) in [5, 5.41) is 10.9. The number of halogens is 1. The molecule has 6 nitrogen and oxygen atoms in total. The maximum atomic E-state index is 13.9. The summed E-state index contributed by atoms with van der Waals surface area (Å²) in [6.45, 7) is 2.16. The number of nitrogens with zero attached hydrogens (tertiary/aromatic N) is 2. The summed E-state index contributed by atoms with van der Waals surface area (Å²) < 4.78 is 25.7. The number of rotatable bonds is 5. The molecule has 3 heterocycles. The van der Waals surface area contributed by atoms with Crippen LogP contribution in [0.3, 0.4) is 0 Å². The molecule has 4 atom stereocenters. The van der Waals surface area contributed by atoms with Crippen molar-refractivity contribution in [2.75, 3.05) is 11.5 Å². The molecule has 0 aliphatic carbocycles. The Labute approximate surface area is 201 Å². The highest BCUT2D eigenvalue weighted by atomic mass is 19.1. The Kier molecular flexibility index (Phi) is 4.74. The minimum Gasteiger partial charge on any atom is -0.493 e. The van der Waals surface area contributed by atoms with Crippen LogP contribution in [0.4, 0.5) is 10.1 Å². The zero-order valence-electron chi connectivity index (χ0n) is 19.2. The number of amides is 2. The highest BCUT2D eigenvalue weighted by molar-refractivity contribution is 6.26. The highest BCUT2D eigenvalue weighted by Gasteiger charge is 2.73. The maximum Gasteiger partial charge on any atom is 0.240 e. The summed E-state index contributed by atoms with van der Waals surface area (Å²) in [7, 11) is 0. The number of ether oxygens (including phenoxy) is 2. The van der Waals surface area contributed by atoms with Gasteiger partial charge in [0.2, 0.25) is 11.8 Å². The Morgan fingerprint density at radius 1 is 1.06 bits per heavy atom. The largest absolute Gasteiger partial charge is 0.493 e. The first-order chi connectivity index (χ1) is 16.9. The van der Waals surface area contributed by atoms with Gasteiger partial charge in [-0.1, -0.05) is 30.3 Å². The first-order valence-corrected chi connectivity index (χ1v) is 11.8. The molecule has 2 amide bonds. The predicted molar refractivity (Wildman–Crippen MR) is 126 cm³/mol. The van der Waals surface area contributed by atoms with Crippen molar-refractivity contribution < 1.29 is 23.5 Å². The Balaban J connectivity index is 1.34.